The van der Waals surface area contributed by atoms with E-state index in [1.54, 1.807) is 28.4 Å². The van der Waals surface area contributed by atoms with Gasteiger partial charge in [-0.2, -0.15) is 0 Å². The molecule has 6 heteroatoms. The zero-order chi connectivity index (χ0) is 31.6. The fraction of sp³-hybridized carbons (Fsp3) is 0.100. The lowest BCUT2D eigenvalue weighted by molar-refractivity contribution is 0.395. The summed E-state index contributed by atoms with van der Waals surface area (Å²) in [7, 11) is 6.66. The minimum absolute atomic E-state index is 0.709. The Balaban J connectivity index is 1.61. The molecule has 5 aromatic carbocycles. The zero-order valence-corrected chi connectivity index (χ0v) is 26.1. The minimum Gasteiger partial charge on any atom is -0.497 e. The van der Waals surface area contributed by atoms with Crippen LogP contribution in [0.3, 0.4) is 0 Å². The SMILES string of the molecule is COc1ccc(-c2cc(-c3ccccc3)nc3c2ccc2c(-c4ccc(OC)cc4OC)cc(-c4ccccc4)nc23)c(OC)c1. The van der Waals surface area contributed by atoms with Crippen LogP contribution in [0.25, 0.3) is 66.6 Å². The van der Waals surface area contributed by atoms with E-state index in [-0.39, 0.29) is 0 Å². The summed E-state index contributed by atoms with van der Waals surface area (Å²) in [6.45, 7) is 0. The van der Waals surface area contributed by atoms with Crippen molar-refractivity contribution in [3.05, 3.63) is 121 Å². The minimum atomic E-state index is 0.709. The number of hydrogen-bond acceptors (Lipinski definition) is 6. The molecule has 0 aliphatic rings. The van der Waals surface area contributed by atoms with Gasteiger partial charge in [0.2, 0.25) is 0 Å². The van der Waals surface area contributed by atoms with Crippen LogP contribution in [-0.2, 0) is 0 Å². The molecular weight excluding hydrogens is 572 g/mol. The molecule has 0 atom stereocenters. The summed E-state index contributed by atoms with van der Waals surface area (Å²) in [6.07, 6.45) is 0. The molecule has 2 heterocycles. The lowest BCUT2D eigenvalue weighted by Gasteiger charge is -2.18. The largest absolute Gasteiger partial charge is 0.497 e. The maximum atomic E-state index is 5.88. The van der Waals surface area contributed by atoms with Crippen LogP contribution in [0.1, 0.15) is 0 Å². The highest BCUT2D eigenvalue weighted by atomic mass is 16.5. The smallest absolute Gasteiger partial charge is 0.130 e. The third-order valence-corrected chi connectivity index (χ3v) is 8.30. The Morgan fingerprint density at radius 1 is 0.391 bits per heavy atom. The molecule has 226 valence electrons. The first-order valence-corrected chi connectivity index (χ1v) is 15.0. The summed E-state index contributed by atoms with van der Waals surface area (Å²) in [5.41, 5.74) is 9.11. The Kier molecular flexibility index (Phi) is 7.69. The van der Waals surface area contributed by atoms with Gasteiger partial charge in [-0.1, -0.05) is 72.8 Å². The number of nitrogens with zero attached hydrogens (tertiary/aromatic N) is 2. The van der Waals surface area contributed by atoms with E-state index < -0.39 is 0 Å². The highest BCUT2D eigenvalue weighted by molar-refractivity contribution is 6.14. The molecule has 0 spiro atoms. The first kappa shape index (κ1) is 28.9. The molecule has 7 aromatic rings. The lowest BCUT2D eigenvalue weighted by Crippen LogP contribution is -1.97. The second-order valence-electron chi connectivity index (χ2n) is 10.8. The molecule has 6 nitrogen and oxygen atoms in total. The molecule has 0 saturated carbocycles. The van der Waals surface area contributed by atoms with Crippen molar-refractivity contribution in [1.29, 1.82) is 0 Å². The molecule has 7 rings (SSSR count). The second kappa shape index (κ2) is 12.3. The monoisotopic (exact) mass is 604 g/mol. The van der Waals surface area contributed by atoms with Crippen LogP contribution in [-0.4, -0.2) is 38.4 Å². The van der Waals surface area contributed by atoms with Gasteiger partial charge in [0.25, 0.3) is 0 Å². The fourth-order valence-corrected chi connectivity index (χ4v) is 5.98. The summed E-state index contributed by atoms with van der Waals surface area (Å²) in [5.74, 6) is 2.86. The molecule has 0 unspecified atom stereocenters. The van der Waals surface area contributed by atoms with Crippen molar-refractivity contribution in [3.8, 4) is 67.8 Å². The molecule has 0 radical (unpaired) electrons. The molecule has 0 bridgehead atoms. The molecule has 0 fully saturated rings. The molecule has 0 saturated heterocycles. The third kappa shape index (κ3) is 5.14. The summed E-state index contributed by atoms with van der Waals surface area (Å²) >= 11 is 0. The first-order valence-electron chi connectivity index (χ1n) is 15.0. The number of aromatic nitrogens is 2. The predicted octanol–water partition coefficient (Wildman–Crippen LogP) is 9.49. The van der Waals surface area contributed by atoms with E-state index in [1.165, 1.54) is 0 Å². The van der Waals surface area contributed by atoms with Crippen molar-refractivity contribution in [2.75, 3.05) is 28.4 Å². The number of pyridine rings is 2. The van der Waals surface area contributed by atoms with E-state index in [0.717, 1.165) is 78.1 Å². The average Bonchev–Trinajstić information content (AvgIpc) is 3.13. The summed E-state index contributed by atoms with van der Waals surface area (Å²) < 4.78 is 22.8. The van der Waals surface area contributed by atoms with E-state index in [4.69, 9.17) is 28.9 Å². The molecule has 0 aliphatic carbocycles. The van der Waals surface area contributed by atoms with Crippen molar-refractivity contribution in [3.63, 3.8) is 0 Å². The molecular formula is C40H32N2O4. The van der Waals surface area contributed by atoms with Gasteiger partial charge >= 0.3 is 0 Å². The lowest BCUT2D eigenvalue weighted by atomic mass is 9.93. The van der Waals surface area contributed by atoms with E-state index in [9.17, 15) is 0 Å². The van der Waals surface area contributed by atoms with Gasteiger partial charge < -0.3 is 18.9 Å². The number of methoxy groups -OCH3 is 4. The van der Waals surface area contributed by atoms with Gasteiger partial charge in [0, 0.05) is 45.2 Å². The van der Waals surface area contributed by atoms with E-state index in [1.807, 2.05) is 72.8 Å². The Labute approximate surface area is 267 Å². The molecule has 0 amide bonds. The highest BCUT2D eigenvalue weighted by Gasteiger charge is 2.20. The standard InChI is InChI=1S/C40H32N2O4/c1-43-27-15-17-29(37(21-27)45-3)33-23-35(25-11-7-5-8-12-25)41-39-31(33)19-20-32-34(30-18-16-28(44-2)22-38(30)46-4)24-36(42-40(32)39)26-13-9-6-10-14-26/h5-24H,1-4H3. The number of ether oxygens (including phenoxy) is 4. The van der Waals surface area contributed by atoms with E-state index in [2.05, 4.69) is 48.5 Å². The van der Waals surface area contributed by atoms with Crippen LogP contribution in [0.5, 0.6) is 23.0 Å². The van der Waals surface area contributed by atoms with E-state index in [0.29, 0.717) is 11.5 Å². The zero-order valence-electron chi connectivity index (χ0n) is 26.1. The number of rotatable bonds is 8. The van der Waals surface area contributed by atoms with Crippen molar-refractivity contribution in [1.82, 2.24) is 9.97 Å². The molecule has 0 N–H and O–H groups in total. The molecule has 0 aliphatic heterocycles. The Morgan fingerprint density at radius 2 is 0.804 bits per heavy atom. The topological polar surface area (TPSA) is 62.7 Å². The third-order valence-electron chi connectivity index (χ3n) is 8.30. The van der Waals surface area contributed by atoms with Crippen molar-refractivity contribution < 1.29 is 18.9 Å². The number of benzene rings is 5. The van der Waals surface area contributed by atoms with Crippen LogP contribution >= 0.6 is 0 Å². The summed E-state index contributed by atoms with van der Waals surface area (Å²) in [6, 6.07) is 40.7. The van der Waals surface area contributed by atoms with Crippen molar-refractivity contribution in [2.45, 2.75) is 0 Å². The van der Waals surface area contributed by atoms with Crippen LogP contribution in [0, 0.1) is 0 Å². The maximum absolute atomic E-state index is 5.88. The van der Waals surface area contributed by atoms with Crippen LogP contribution in [0.4, 0.5) is 0 Å². The van der Waals surface area contributed by atoms with Gasteiger partial charge in [-0.15, -0.1) is 0 Å². The first-order chi connectivity index (χ1) is 22.6. The van der Waals surface area contributed by atoms with Gasteiger partial charge in [0.15, 0.2) is 0 Å². The van der Waals surface area contributed by atoms with E-state index >= 15 is 0 Å². The Bertz CT molecular complexity index is 2040. The van der Waals surface area contributed by atoms with Gasteiger partial charge in [-0.25, -0.2) is 9.97 Å². The maximum Gasteiger partial charge on any atom is 0.130 e. The van der Waals surface area contributed by atoms with Crippen molar-refractivity contribution in [2.24, 2.45) is 0 Å². The van der Waals surface area contributed by atoms with Gasteiger partial charge in [0.1, 0.15) is 23.0 Å². The normalized spacial score (nSPS) is 11.0. The summed E-state index contributed by atoms with van der Waals surface area (Å²) in [5, 5.41) is 1.92. The molecule has 2 aromatic heterocycles. The quantitative estimate of drug-likeness (QED) is 0.161. The van der Waals surface area contributed by atoms with Crippen molar-refractivity contribution >= 4 is 21.8 Å². The van der Waals surface area contributed by atoms with Gasteiger partial charge in [-0.3, -0.25) is 0 Å². The van der Waals surface area contributed by atoms with Gasteiger partial charge in [0.05, 0.1) is 50.9 Å². The Hall–Kier alpha value is -5.88. The Morgan fingerprint density at radius 3 is 1.17 bits per heavy atom. The van der Waals surface area contributed by atoms with Gasteiger partial charge in [-0.05, 0) is 47.5 Å². The molecule has 46 heavy (non-hydrogen) atoms. The van der Waals surface area contributed by atoms with Crippen LogP contribution in [0.15, 0.2) is 121 Å². The second-order valence-corrected chi connectivity index (χ2v) is 10.8. The van der Waals surface area contributed by atoms with Crippen LogP contribution < -0.4 is 18.9 Å². The predicted molar refractivity (Wildman–Crippen MR) is 185 cm³/mol. The number of fused-ring (bicyclic) bond motifs is 3. The summed E-state index contributed by atoms with van der Waals surface area (Å²) in [4.78, 5) is 10.6. The average molecular weight is 605 g/mol. The fourth-order valence-electron chi connectivity index (χ4n) is 5.98. The highest BCUT2D eigenvalue weighted by Crippen LogP contribution is 2.44. The number of hydrogen-bond donors (Lipinski definition) is 0. The van der Waals surface area contributed by atoms with Crippen LogP contribution in [0.2, 0.25) is 0 Å².